The molecule has 0 saturated carbocycles. The topological polar surface area (TPSA) is 0 Å². The first-order valence-electron chi connectivity index (χ1n) is 5.26. The maximum Gasteiger partial charge on any atom is 0.141 e. The second kappa shape index (κ2) is 5.87. The van der Waals surface area contributed by atoms with Gasteiger partial charge < -0.3 is 4.48 Å². The quantitative estimate of drug-likeness (QED) is 0.424. The van der Waals surface area contributed by atoms with Gasteiger partial charge in [0.05, 0.1) is 19.6 Å². The first kappa shape index (κ1) is 11.3. The van der Waals surface area contributed by atoms with Gasteiger partial charge in [-0.15, -0.1) is 0 Å². The van der Waals surface area contributed by atoms with Crippen LogP contribution in [0.3, 0.4) is 0 Å². The summed E-state index contributed by atoms with van der Waals surface area (Å²) in [5, 5.41) is 0. The lowest BCUT2D eigenvalue weighted by Crippen LogP contribution is -2.46. The van der Waals surface area contributed by atoms with Crippen LogP contribution < -0.4 is 0 Å². The summed E-state index contributed by atoms with van der Waals surface area (Å²) in [6.45, 7) is 7.44. The van der Waals surface area contributed by atoms with Gasteiger partial charge in [0.1, 0.15) is 6.54 Å². The predicted molar refractivity (Wildman–Crippen MR) is 65.7 cm³/mol. The molecule has 0 aromatic rings. The van der Waals surface area contributed by atoms with Crippen LogP contribution in [0.1, 0.15) is 32.6 Å². The molecule has 0 unspecified atom stereocenters. The Morgan fingerprint density at radius 3 is 2.54 bits per heavy atom. The lowest BCUT2D eigenvalue weighted by molar-refractivity contribution is -0.910. The minimum Gasteiger partial charge on any atom is -0.313 e. The Hall–Kier alpha value is 0.250. The van der Waals surface area contributed by atoms with E-state index in [0.29, 0.717) is 0 Å². The second-order valence-corrected chi connectivity index (χ2v) is 4.54. The Morgan fingerprint density at radius 1 is 1.31 bits per heavy atom. The van der Waals surface area contributed by atoms with E-state index in [1.54, 1.807) is 0 Å². The SMILES string of the molecule is CCCC[N+]1(CC#CI)CCCC1. The number of hydrogen-bond donors (Lipinski definition) is 0. The summed E-state index contributed by atoms with van der Waals surface area (Å²) >= 11 is 2.15. The van der Waals surface area contributed by atoms with E-state index in [9.17, 15) is 0 Å². The van der Waals surface area contributed by atoms with Crippen molar-refractivity contribution < 1.29 is 4.48 Å². The van der Waals surface area contributed by atoms with Gasteiger partial charge in [-0.05, 0) is 16.3 Å². The summed E-state index contributed by atoms with van der Waals surface area (Å²) in [5.41, 5.74) is 0. The molecule has 1 rings (SSSR count). The molecule has 0 spiro atoms. The van der Waals surface area contributed by atoms with Gasteiger partial charge in [-0.1, -0.05) is 13.3 Å². The molecule has 74 valence electrons. The van der Waals surface area contributed by atoms with E-state index in [-0.39, 0.29) is 0 Å². The van der Waals surface area contributed by atoms with Gasteiger partial charge in [-0.2, -0.15) is 0 Å². The standard InChI is InChI=1S/C11H19IN/c1-2-3-8-13(11-6-7-12)9-4-5-10-13/h2-5,8-11H2,1H3/q+1. The number of halogens is 1. The van der Waals surface area contributed by atoms with E-state index in [2.05, 4.69) is 39.4 Å². The van der Waals surface area contributed by atoms with Crippen molar-refractivity contribution in [1.29, 1.82) is 0 Å². The van der Waals surface area contributed by atoms with Crippen molar-refractivity contribution >= 4 is 22.6 Å². The molecule has 0 aliphatic carbocycles. The van der Waals surface area contributed by atoms with Crippen LogP contribution in [-0.4, -0.2) is 30.7 Å². The maximum absolute atomic E-state index is 3.25. The summed E-state index contributed by atoms with van der Waals surface area (Å²) < 4.78 is 4.28. The van der Waals surface area contributed by atoms with E-state index in [1.165, 1.54) is 49.8 Å². The zero-order chi connectivity index (χ0) is 9.57. The Labute approximate surface area is 95.6 Å². The molecular weight excluding hydrogens is 273 g/mol. The highest BCUT2D eigenvalue weighted by molar-refractivity contribution is 14.1. The molecule has 0 bridgehead atoms. The molecule has 2 heteroatoms. The van der Waals surface area contributed by atoms with Gasteiger partial charge in [0.25, 0.3) is 0 Å². The number of rotatable bonds is 4. The Kier molecular flexibility index (Phi) is 5.12. The molecule has 0 amide bonds. The summed E-state index contributed by atoms with van der Waals surface area (Å²) in [6, 6.07) is 0. The van der Waals surface area contributed by atoms with Crippen molar-refractivity contribution in [3.05, 3.63) is 0 Å². The number of likely N-dealkylation sites (tertiary alicyclic amines) is 1. The van der Waals surface area contributed by atoms with Crippen LogP contribution in [0.2, 0.25) is 0 Å². The first-order chi connectivity index (χ1) is 6.33. The molecule has 1 fully saturated rings. The van der Waals surface area contributed by atoms with Gasteiger partial charge in [0.15, 0.2) is 0 Å². The fraction of sp³-hybridized carbons (Fsp3) is 0.818. The minimum absolute atomic E-state index is 1.09. The summed E-state index contributed by atoms with van der Waals surface area (Å²) in [5.74, 6) is 3.25. The molecule has 13 heavy (non-hydrogen) atoms. The predicted octanol–water partition coefficient (Wildman–Crippen LogP) is 2.79. The van der Waals surface area contributed by atoms with Crippen LogP contribution >= 0.6 is 22.6 Å². The molecule has 0 aromatic heterocycles. The molecule has 1 nitrogen and oxygen atoms in total. The van der Waals surface area contributed by atoms with Crippen molar-refractivity contribution in [3.8, 4) is 9.85 Å². The minimum atomic E-state index is 1.09. The van der Waals surface area contributed by atoms with Crippen molar-refractivity contribution in [2.24, 2.45) is 0 Å². The molecule has 1 aliphatic rings. The average molecular weight is 292 g/mol. The fourth-order valence-electron chi connectivity index (χ4n) is 2.16. The third-order valence-electron chi connectivity index (χ3n) is 2.98. The van der Waals surface area contributed by atoms with Gasteiger partial charge >= 0.3 is 0 Å². The van der Waals surface area contributed by atoms with Crippen molar-refractivity contribution in [2.45, 2.75) is 32.6 Å². The fourth-order valence-corrected chi connectivity index (χ4v) is 2.33. The molecule has 0 radical (unpaired) electrons. The normalized spacial score (nSPS) is 19.5. The van der Waals surface area contributed by atoms with Crippen LogP contribution in [0, 0.1) is 9.85 Å². The van der Waals surface area contributed by atoms with Crippen molar-refractivity contribution in [3.63, 3.8) is 0 Å². The van der Waals surface area contributed by atoms with Crippen molar-refractivity contribution in [2.75, 3.05) is 26.2 Å². The maximum atomic E-state index is 3.25. The van der Waals surface area contributed by atoms with Crippen LogP contribution in [0.4, 0.5) is 0 Å². The smallest absolute Gasteiger partial charge is 0.141 e. The third-order valence-corrected chi connectivity index (χ3v) is 3.36. The number of quaternary nitrogens is 1. The highest BCUT2D eigenvalue weighted by atomic mass is 127. The molecule has 1 saturated heterocycles. The van der Waals surface area contributed by atoms with E-state index in [0.717, 1.165) is 6.54 Å². The van der Waals surface area contributed by atoms with Gasteiger partial charge in [-0.3, -0.25) is 0 Å². The van der Waals surface area contributed by atoms with Crippen LogP contribution in [-0.2, 0) is 0 Å². The molecule has 1 aliphatic heterocycles. The van der Waals surface area contributed by atoms with Crippen LogP contribution in [0.5, 0.6) is 0 Å². The van der Waals surface area contributed by atoms with Gasteiger partial charge in [-0.25, -0.2) is 0 Å². The largest absolute Gasteiger partial charge is 0.313 e. The zero-order valence-corrected chi connectivity index (χ0v) is 10.6. The van der Waals surface area contributed by atoms with E-state index in [4.69, 9.17) is 0 Å². The molecule has 0 atom stereocenters. The Balaban J connectivity index is 2.45. The Morgan fingerprint density at radius 2 is 2.00 bits per heavy atom. The Bertz CT molecular complexity index is 196. The van der Waals surface area contributed by atoms with E-state index < -0.39 is 0 Å². The van der Waals surface area contributed by atoms with Gasteiger partial charge in [0, 0.05) is 35.4 Å². The van der Waals surface area contributed by atoms with Crippen molar-refractivity contribution in [1.82, 2.24) is 0 Å². The second-order valence-electron chi connectivity index (χ2n) is 4.00. The third kappa shape index (κ3) is 3.47. The molecule has 0 aromatic carbocycles. The first-order valence-corrected chi connectivity index (χ1v) is 6.34. The molecular formula is C11H19IN+. The number of hydrogen-bond acceptors (Lipinski definition) is 0. The highest BCUT2D eigenvalue weighted by Gasteiger charge is 2.29. The van der Waals surface area contributed by atoms with E-state index >= 15 is 0 Å². The lowest BCUT2D eigenvalue weighted by Gasteiger charge is -2.32. The molecule has 0 N–H and O–H groups in total. The van der Waals surface area contributed by atoms with Crippen LogP contribution in [0.25, 0.3) is 0 Å². The summed E-state index contributed by atoms with van der Waals surface area (Å²) in [4.78, 5) is 0. The van der Waals surface area contributed by atoms with Crippen LogP contribution in [0.15, 0.2) is 0 Å². The zero-order valence-electron chi connectivity index (χ0n) is 8.48. The summed E-state index contributed by atoms with van der Waals surface area (Å²) in [7, 11) is 0. The highest BCUT2D eigenvalue weighted by Crippen LogP contribution is 2.19. The number of unbranched alkanes of at least 4 members (excludes halogenated alkanes) is 1. The lowest BCUT2D eigenvalue weighted by atomic mass is 10.2. The summed E-state index contributed by atoms with van der Waals surface area (Å²) in [6.07, 6.45) is 5.50. The average Bonchev–Trinajstić information content (AvgIpc) is 2.61. The van der Waals surface area contributed by atoms with Gasteiger partial charge in [0.2, 0.25) is 0 Å². The van der Waals surface area contributed by atoms with E-state index in [1.807, 2.05) is 0 Å². The number of nitrogens with zero attached hydrogens (tertiary/aromatic N) is 1. The molecule has 1 heterocycles. The monoisotopic (exact) mass is 292 g/mol.